The average molecular weight is 278 g/mol. The van der Waals surface area contributed by atoms with Crippen LogP contribution >= 0.6 is 0 Å². The Morgan fingerprint density at radius 2 is 2.00 bits per heavy atom. The lowest BCUT2D eigenvalue weighted by molar-refractivity contribution is 0.0696. The van der Waals surface area contributed by atoms with E-state index in [0.29, 0.717) is 0 Å². The quantitative estimate of drug-likeness (QED) is 0.893. The zero-order valence-corrected chi connectivity index (χ0v) is 10.4. The lowest BCUT2D eigenvalue weighted by atomic mass is 10.1. The van der Waals surface area contributed by atoms with Crippen LogP contribution in [-0.2, 0) is 9.84 Å². The molecule has 0 amide bonds. The van der Waals surface area contributed by atoms with Crippen molar-refractivity contribution in [1.29, 1.82) is 0 Å². The third kappa shape index (κ3) is 3.04. The van der Waals surface area contributed by atoms with Crippen molar-refractivity contribution in [3.8, 4) is 0 Å². The highest BCUT2D eigenvalue weighted by atomic mass is 32.2. The molecule has 0 radical (unpaired) electrons. The highest BCUT2D eigenvalue weighted by molar-refractivity contribution is 7.91. The summed E-state index contributed by atoms with van der Waals surface area (Å²) in [4.78, 5) is 10.3. The number of aromatic carboxylic acids is 1. The van der Waals surface area contributed by atoms with Crippen LogP contribution in [0.3, 0.4) is 0 Å². The number of sulfone groups is 1. The fourth-order valence-electron chi connectivity index (χ4n) is 1.45. The minimum Gasteiger partial charge on any atom is -0.478 e. The summed E-state index contributed by atoms with van der Waals surface area (Å²) in [6, 6.07) is 1.65. The van der Waals surface area contributed by atoms with E-state index in [0.717, 1.165) is 12.1 Å². The minimum atomic E-state index is -3.87. The van der Waals surface area contributed by atoms with Gasteiger partial charge >= 0.3 is 5.97 Å². The maximum atomic E-state index is 13.5. The fraction of sp³-hybridized carbons (Fsp3) is 0.364. The lowest BCUT2D eigenvalue weighted by Crippen LogP contribution is -2.12. The number of benzene rings is 1. The van der Waals surface area contributed by atoms with E-state index < -0.39 is 44.5 Å². The molecular weight excluding hydrogens is 266 g/mol. The van der Waals surface area contributed by atoms with Crippen molar-refractivity contribution < 1.29 is 27.1 Å². The molecule has 0 bridgehead atoms. The monoisotopic (exact) mass is 278 g/mol. The van der Waals surface area contributed by atoms with Crippen molar-refractivity contribution >= 4 is 15.8 Å². The van der Waals surface area contributed by atoms with Gasteiger partial charge in [-0.3, -0.25) is 4.39 Å². The Balaban J connectivity index is 3.35. The molecule has 1 rings (SSSR count). The molecule has 0 fully saturated rings. The predicted octanol–water partition coefficient (Wildman–Crippen LogP) is 1.97. The molecule has 1 aromatic rings. The lowest BCUT2D eigenvalue weighted by Gasteiger charge is -2.09. The first kappa shape index (κ1) is 14.6. The van der Waals surface area contributed by atoms with E-state index >= 15 is 0 Å². The molecule has 4 nitrogen and oxygen atoms in total. The topological polar surface area (TPSA) is 71.4 Å². The van der Waals surface area contributed by atoms with Crippen LogP contribution in [-0.4, -0.2) is 31.9 Å². The van der Waals surface area contributed by atoms with Crippen molar-refractivity contribution in [1.82, 2.24) is 0 Å². The average Bonchev–Trinajstić information content (AvgIpc) is 2.29. The molecule has 0 saturated carbocycles. The van der Waals surface area contributed by atoms with Gasteiger partial charge in [0, 0.05) is 5.56 Å². The molecule has 0 spiro atoms. The number of halogens is 2. The molecule has 18 heavy (non-hydrogen) atoms. The summed E-state index contributed by atoms with van der Waals surface area (Å²) >= 11 is 0. The predicted molar refractivity (Wildman–Crippen MR) is 60.7 cm³/mol. The number of carbonyl (C=O) groups is 1. The van der Waals surface area contributed by atoms with Crippen molar-refractivity contribution in [3.63, 3.8) is 0 Å². The van der Waals surface area contributed by atoms with E-state index in [1.165, 1.54) is 6.92 Å². The Morgan fingerprint density at radius 1 is 1.39 bits per heavy atom. The number of hydrogen-bond donors (Lipinski definition) is 1. The van der Waals surface area contributed by atoms with Gasteiger partial charge in [0.2, 0.25) is 0 Å². The highest BCUT2D eigenvalue weighted by Crippen LogP contribution is 2.22. The first-order valence-corrected chi connectivity index (χ1v) is 6.77. The van der Waals surface area contributed by atoms with Gasteiger partial charge in [0.05, 0.1) is 22.9 Å². The summed E-state index contributed by atoms with van der Waals surface area (Å²) in [5, 5.41) is 8.74. The van der Waals surface area contributed by atoms with Gasteiger partial charge in [-0.15, -0.1) is 0 Å². The second-order valence-electron chi connectivity index (χ2n) is 3.75. The number of carboxylic acid groups (broad SMARTS) is 1. The van der Waals surface area contributed by atoms with Crippen LogP contribution in [0.1, 0.15) is 22.3 Å². The second-order valence-corrected chi connectivity index (χ2v) is 5.83. The normalized spacial score (nSPS) is 11.5. The molecule has 0 unspecified atom stereocenters. The van der Waals surface area contributed by atoms with Crippen molar-refractivity contribution in [2.45, 2.75) is 18.2 Å². The van der Waals surface area contributed by atoms with E-state index in [2.05, 4.69) is 0 Å². The Morgan fingerprint density at radius 3 is 2.50 bits per heavy atom. The van der Waals surface area contributed by atoms with Crippen molar-refractivity contribution in [2.24, 2.45) is 0 Å². The van der Waals surface area contributed by atoms with Gasteiger partial charge in [-0.1, -0.05) is 0 Å². The summed E-state index contributed by atoms with van der Waals surface area (Å²) in [5.41, 5.74) is -0.601. The molecule has 0 aliphatic rings. The van der Waals surface area contributed by atoms with Crippen LogP contribution in [0.5, 0.6) is 0 Å². The Kier molecular flexibility index (Phi) is 4.39. The van der Waals surface area contributed by atoms with Crippen molar-refractivity contribution in [2.75, 3.05) is 12.4 Å². The number of carboxylic acids is 1. The maximum absolute atomic E-state index is 13.5. The van der Waals surface area contributed by atoms with Gasteiger partial charge in [0.25, 0.3) is 0 Å². The fourth-order valence-corrected chi connectivity index (χ4v) is 3.03. The van der Waals surface area contributed by atoms with Crippen molar-refractivity contribution in [3.05, 3.63) is 29.1 Å². The zero-order chi connectivity index (χ0) is 13.9. The Hall–Kier alpha value is -1.50. The third-order valence-corrected chi connectivity index (χ3v) is 4.35. The van der Waals surface area contributed by atoms with E-state index in [1.54, 1.807) is 0 Å². The van der Waals surface area contributed by atoms with E-state index in [4.69, 9.17) is 5.11 Å². The molecule has 100 valence electrons. The summed E-state index contributed by atoms with van der Waals surface area (Å²) < 4.78 is 49.1. The first-order chi connectivity index (χ1) is 8.29. The van der Waals surface area contributed by atoms with Crippen LogP contribution in [0.2, 0.25) is 0 Å². The second kappa shape index (κ2) is 5.43. The molecule has 1 N–H and O–H groups in total. The largest absolute Gasteiger partial charge is 0.478 e. The summed E-state index contributed by atoms with van der Waals surface area (Å²) in [6.07, 6.45) is -0.208. The number of alkyl halides is 1. The Labute approximate surface area is 103 Å². The SMILES string of the molecule is Cc1c(F)cc(C(=O)O)cc1S(=O)(=O)CCCF. The van der Waals surface area contributed by atoms with E-state index in [1.807, 2.05) is 0 Å². The first-order valence-electron chi connectivity index (χ1n) is 5.11. The molecule has 0 saturated heterocycles. The summed E-state index contributed by atoms with van der Waals surface area (Å²) in [7, 11) is -3.87. The van der Waals surface area contributed by atoms with Gasteiger partial charge < -0.3 is 5.11 Å². The van der Waals surface area contributed by atoms with E-state index in [9.17, 15) is 22.0 Å². The molecule has 0 aromatic heterocycles. The summed E-state index contributed by atoms with van der Waals surface area (Å²) in [5.74, 6) is -2.81. The molecular formula is C11H12F2O4S. The zero-order valence-electron chi connectivity index (χ0n) is 9.61. The van der Waals surface area contributed by atoms with Crippen LogP contribution in [0.15, 0.2) is 17.0 Å². The van der Waals surface area contributed by atoms with Gasteiger partial charge in [-0.05, 0) is 25.5 Å². The third-order valence-electron chi connectivity index (χ3n) is 2.43. The molecule has 1 aromatic carbocycles. The van der Waals surface area contributed by atoms with Gasteiger partial charge in [0.1, 0.15) is 5.82 Å². The number of hydrogen-bond acceptors (Lipinski definition) is 3. The van der Waals surface area contributed by atoms with E-state index in [-0.39, 0.29) is 12.0 Å². The molecule has 0 atom stereocenters. The Bertz CT molecular complexity index is 567. The van der Waals surface area contributed by atoms with Gasteiger partial charge in [-0.25, -0.2) is 17.6 Å². The molecule has 0 aliphatic carbocycles. The van der Waals surface area contributed by atoms with Gasteiger partial charge in [-0.2, -0.15) is 0 Å². The molecule has 0 aliphatic heterocycles. The molecule has 0 heterocycles. The molecule has 7 heteroatoms. The van der Waals surface area contributed by atoms with Crippen LogP contribution in [0.25, 0.3) is 0 Å². The standard InChI is InChI=1S/C11H12F2O4S/c1-7-9(13)5-8(11(14)15)6-10(7)18(16,17)4-2-3-12/h5-6H,2-4H2,1H3,(H,14,15). The minimum absolute atomic E-state index is 0.154. The van der Waals surface area contributed by atoms with Crippen LogP contribution in [0, 0.1) is 12.7 Å². The van der Waals surface area contributed by atoms with Crippen LogP contribution in [0.4, 0.5) is 8.78 Å². The van der Waals surface area contributed by atoms with Gasteiger partial charge in [0.15, 0.2) is 9.84 Å². The smallest absolute Gasteiger partial charge is 0.335 e. The van der Waals surface area contributed by atoms with Crippen LogP contribution < -0.4 is 0 Å². The number of rotatable bonds is 5. The highest BCUT2D eigenvalue weighted by Gasteiger charge is 2.21. The maximum Gasteiger partial charge on any atom is 0.335 e. The summed E-state index contributed by atoms with van der Waals surface area (Å²) in [6.45, 7) is 0.433.